The van der Waals surface area contributed by atoms with Gasteiger partial charge in [0, 0.05) is 35.8 Å². The van der Waals surface area contributed by atoms with Crippen molar-refractivity contribution in [2.75, 3.05) is 6.54 Å². The van der Waals surface area contributed by atoms with E-state index in [1.165, 1.54) is 4.88 Å². The molecule has 138 valence electrons. The third kappa shape index (κ3) is 2.46. The number of nitrogens with one attached hydrogen (secondary N) is 1. The van der Waals surface area contributed by atoms with Crippen molar-refractivity contribution < 1.29 is 4.79 Å². The van der Waals surface area contributed by atoms with Crippen LogP contribution in [0, 0.1) is 5.41 Å². The van der Waals surface area contributed by atoms with Crippen LogP contribution in [0.25, 0.3) is 11.4 Å². The summed E-state index contributed by atoms with van der Waals surface area (Å²) in [6, 6.07) is 8.07. The lowest BCUT2D eigenvalue weighted by molar-refractivity contribution is -0.135. The first-order valence-electron chi connectivity index (χ1n) is 9.33. The van der Waals surface area contributed by atoms with Crippen molar-refractivity contribution in [3.8, 4) is 11.4 Å². The number of carbonyl (C=O) groups is 1. The van der Waals surface area contributed by atoms with Gasteiger partial charge in [0.05, 0.1) is 23.3 Å². The third-order valence-electron chi connectivity index (χ3n) is 6.10. The summed E-state index contributed by atoms with van der Waals surface area (Å²) in [5, 5.41) is 2.07. The van der Waals surface area contributed by atoms with E-state index in [0.29, 0.717) is 6.54 Å². The smallest absolute Gasteiger partial charge is 0.234 e. The van der Waals surface area contributed by atoms with E-state index in [4.69, 9.17) is 4.98 Å². The molecule has 0 spiro atoms. The van der Waals surface area contributed by atoms with Crippen molar-refractivity contribution in [1.82, 2.24) is 19.9 Å². The Bertz CT molecular complexity index is 993. The maximum absolute atomic E-state index is 13.6. The predicted molar refractivity (Wildman–Crippen MR) is 105 cm³/mol. The zero-order valence-corrected chi connectivity index (χ0v) is 16.3. The molecule has 0 saturated heterocycles. The highest BCUT2D eigenvalue weighted by atomic mass is 32.1. The number of aromatic nitrogens is 3. The number of nitrogens with zero attached hydrogens (tertiary/aromatic N) is 3. The molecule has 3 aromatic heterocycles. The van der Waals surface area contributed by atoms with Gasteiger partial charge >= 0.3 is 0 Å². The molecule has 3 aromatic rings. The zero-order chi connectivity index (χ0) is 18.6. The van der Waals surface area contributed by atoms with Crippen LogP contribution >= 0.6 is 11.3 Å². The molecule has 6 heteroatoms. The fraction of sp³-hybridized carbons (Fsp3) is 0.381. The molecular formula is C21H22N4OS. The molecule has 1 atom stereocenters. The number of pyridine rings is 1. The van der Waals surface area contributed by atoms with Gasteiger partial charge in [-0.15, -0.1) is 11.3 Å². The first kappa shape index (κ1) is 16.7. The molecule has 2 aliphatic rings. The topological polar surface area (TPSA) is 61.9 Å². The van der Waals surface area contributed by atoms with E-state index < -0.39 is 0 Å². The van der Waals surface area contributed by atoms with Crippen molar-refractivity contribution >= 4 is 17.2 Å². The van der Waals surface area contributed by atoms with Crippen molar-refractivity contribution in [2.24, 2.45) is 5.41 Å². The summed E-state index contributed by atoms with van der Waals surface area (Å²) in [5.74, 6) is 1.10. The van der Waals surface area contributed by atoms with Gasteiger partial charge in [-0.2, -0.15) is 0 Å². The van der Waals surface area contributed by atoms with Gasteiger partial charge in [-0.1, -0.05) is 19.9 Å². The van der Waals surface area contributed by atoms with Crippen LogP contribution in [0.5, 0.6) is 0 Å². The molecular weight excluding hydrogens is 356 g/mol. The van der Waals surface area contributed by atoms with E-state index in [1.54, 1.807) is 17.5 Å². The zero-order valence-electron chi connectivity index (χ0n) is 15.5. The molecule has 0 aromatic carbocycles. The predicted octanol–water partition coefficient (Wildman–Crippen LogP) is 3.79. The number of aromatic amines is 1. The highest BCUT2D eigenvalue weighted by Crippen LogP contribution is 2.66. The van der Waals surface area contributed by atoms with Crippen LogP contribution in [0.4, 0.5) is 0 Å². The molecule has 1 saturated carbocycles. The van der Waals surface area contributed by atoms with E-state index in [-0.39, 0.29) is 16.7 Å². The van der Waals surface area contributed by atoms with Crippen LogP contribution in [0.3, 0.4) is 0 Å². The Kier molecular flexibility index (Phi) is 3.56. The third-order valence-corrected chi connectivity index (χ3v) is 7.13. The summed E-state index contributed by atoms with van der Waals surface area (Å²) in [5.41, 5.74) is 2.75. The molecule has 1 amide bonds. The Morgan fingerprint density at radius 1 is 1.30 bits per heavy atom. The van der Waals surface area contributed by atoms with E-state index in [9.17, 15) is 4.79 Å². The average molecular weight is 379 g/mol. The van der Waals surface area contributed by atoms with Gasteiger partial charge in [0.1, 0.15) is 5.82 Å². The van der Waals surface area contributed by atoms with E-state index in [0.717, 1.165) is 42.2 Å². The van der Waals surface area contributed by atoms with Gasteiger partial charge in [0.2, 0.25) is 5.91 Å². The van der Waals surface area contributed by atoms with Crippen molar-refractivity contribution in [3.05, 3.63) is 58.3 Å². The fourth-order valence-corrected chi connectivity index (χ4v) is 5.51. The first-order valence-corrected chi connectivity index (χ1v) is 10.2. The number of fused-ring (bicyclic) bond motifs is 1. The van der Waals surface area contributed by atoms with E-state index in [1.807, 2.05) is 29.3 Å². The fourth-order valence-electron chi connectivity index (χ4n) is 4.41. The molecule has 5 rings (SSSR count). The number of hydrogen-bond acceptors (Lipinski definition) is 4. The van der Waals surface area contributed by atoms with Crippen LogP contribution in [0.1, 0.15) is 36.5 Å². The summed E-state index contributed by atoms with van der Waals surface area (Å²) in [6.07, 6.45) is 5.28. The molecule has 1 aliphatic heterocycles. The first-order chi connectivity index (χ1) is 13.0. The molecule has 1 N–H and O–H groups in total. The van der Waals surface area contributed by atoms with E-state index in [2.05, 4.69) is 35.3 Å². The van der Waals surface area contributed by atoms with Crippen molar-refractivity contribution in [1.29, 1.82) is 0 Å². The number of rotatable bonds is 3. The summed E-state index contributed by atoms with van der Waals surface area (Å²) >= 11 is 1.70. The summed E-state index contributed by atoms with van der Waals surface area (Å²) in [4.78, 5) is 29.1. The van der Waals surface area contributed by atoms with Gasteiger partial charge in [-0.3, -0.25) is 9.78 Å². The minimum Gasteiger partial charge on any atom is -0.340 e. The van der Waals surface area contributed by atoms with Gasteiger partial charge in [0.25, 0.3) is 0 Å². The van der Waals surface area contributed by atoms with Crippen molar-refractivity contribution in [3.63, 3.8) is 0 Å². The summed E-state index contributed by atoms with van der Waals surface area (Å²) in [7, 11) is 0. The van der Waals surface area contributed by atoms with Gasteiger partial charge in [-0.05, 0) is 35.4 Å². The second-order valence-corrected chi connectivity index (χ2v) is 9.12. The number of imidazole rings is 1. The number of H-pyrrole nitrogens is 1. The average Bonchev–Trinajstić information content (AvgIpc) is 3.12. The largest absolute Gasteiger partial charge is 0.340 e. The van der Waals surface area contributed by atoms with Crippen LogP contribution in [0.2, 0.25) is 0 Å². The SMILES string of the molecule is CC1(C)C[C@@]1(C(=O)N1CCc2nc(-c3cccnc3)[nH]c2C1)c1cccs1. The van der Waals surface area contributed by atoms with E-state index >= 15 is 0 Å². The van der Waals surface area contributed by atoms with Gasteiger partial charge in [0.15, 0.2) is 0 Å². The minimum atomic E-state index is -0.356. The second kappa shape index (κ2) is 5.76. The normalized spacial score (nSPS) is 23.1. The molecule has 0 radical (unpaired) electrons. The lowest BCUT2D eigenvalue weighted by Crippen LogP contribution is -2.43. The molecule has 27 heavy (non-hydrogen) atoms. The lowest BCUT2D eigenvalue weighted by Gasteiger charge is -2.31. The Balaban J connectivity index is 1.43. The van der Waals surface area contributed by atoms with Crippen LogP contribution < -0.4 is 0 Å². The molecule has 1 aliphatic carbocycles. The summed E-state index contributed by atoms with van der Waals surface area (Å²) in [6.45, 7) is 5.74. The second-order valence-electron chi connectivity index (χ2n) is 8.17. The number of amides is 1. The summed E-state index contributed by atoms with van der Waals surface area (Å²) < 4.78 is 0. The molecule has 0 unspecified atom stereocenters. The highest BCUT2D eigenvalue weighted by molar-refractivity contribution is 7.10. The van der Waals surface area contributed by atoms with Crippen molar-refractivity contribution in [2.45, 2.75) is 38.6 Å². The Labute approximate surface area is 162 Å². The number of thiophene rings is 1. The Morgan fingerprint density at radius 2 is 2.15 bits per heavy atom. The van der Waals surface area contributed by atoms with Gasteiger partial charge < -0.3 is 9.88 Å². The minimum absolute atomic E-state index is 0.0179. The lowest BCUT2D eigenvalue weighted by atomic mass is 9.91. The molecule has 5 nitrogen and oxygen atoms in total. The van der Waals surface area contributed by atoms with Crippen LogP contribution in [-0.2, 0) is 23.2 Å². The molecule has 0 bridgehead atoms. The monoisotopic (exact) mass is 378 g/mol. The maximum Gasteiger partial charge on any atom is 0.234 e. The van der Waals surface area contributed by atoms with Gasteiger partial charge in [-0.25, -0.2) is 4.98 Å². The Morgan fingerprint density at radius 3 is 2.81 bits per heavy atom. The Hall–Kier alpha value is -2.47. The molecule has 4 heterocycles. The maximum atomic E-state index is 13.6. The quantitative estimate of drug-likeness (QED) is 0.754. The van der Waals surface area contributed by atoms with Crippen LogP contribution in [0.15, 0.2) is 42.0 Å². The molecule has 1 fully saturated rings. The van der Waals surface area contributed by atoms with Crippen LogP contribution in [-0.4, -0.2) is 32.3 Å². The number of carbonyl (C=O) groups excluding carboxylic acids is 1. The number of hydrogen-bond donors (Lipinski definition) is 1. The highest BCUT2D eigenvalue weighted by Gasteiger charge is 2.68. The standard InChI is InChI=1S/C21H22N4OS/c1-20(2)13-21(20,17-6-4-10-27-17)19(26)25-9-7-15-16(12-25)24-18(23-15)14-5-3-8-22-11-14/h3-6,8,10-11H,7,9,12-13H2,1-2H3,(H,23,24)/t21-/m0/s1.